The second-order valence-electron chi connectivity index (χ2n) is 7.17. The van der Waals surface area contributed by atoms with Crippen LogP contribution in [-0.2, 0) is 0 Å². The summed E-state index contributed by atoms with van der Waals surface area (Å²) in [7, 11) is 0. The Morgan fingerprint density at radius 2 is 1.14 bits per heavy atom. The van der Waals surface area contributed by atoms with Crippen LogP contribution in [0.3, 0.4) is 0 Å². The largest absolute Gasteiger partial charge is 0.398 e. The molecule has 0 bridgehead atoms. The number of hydrogen-bond donors (Lipinski definition) is 2. The van der Waals surface area contributed by atoms with Gasteiger partial charge in [0.2, 0.25) is 0 Å². The lowest BCUT2D eigenvalue weighted by Crippen LogP contribution is -2.27. The Morgan fingerprint density at radius 1 is 0.714 bits per heavy atom. The van der Waals surface area contributed by atoms with Crippen molar-refractivity contribution in [3.63, 3.8) is 0 Å². The van der Waals surface area contributed by atoms with Crippen molar-refractivity contribution in [1.29, 1.82) is 0 Å². The Balaban J connectivity index is 1.94. The van der Waals surface area contributed by atoms with Gasteiger partial charge in [0.15, 0.2) is 0 Å². The number of anilines is 2. The molecule has 0 atom stereocenters. The molecule has 0 spiro atoms. The molecule has 0 radical (unpaired) electrons. The first kappa shape index (κ1) is 14.7. The summed E-state index contributed by atoms with van der Waals surface area (Å²) in [4.78, 5) is 0. The number of rotatable bonds is 3. The first-order valence-corrected chi connectivity index (χ1v) is 8.91. The summed E-state index contributed by atoms with van der Waals surface area (Å²) in [5.41, 5.74) is 15.9. The third-order valence-corrected chi connectivity index (χ3v) is 5.82. The minimum Gasteiger partial charge on any atom is -0.398 e. The Labute approximate surface area is 129 Å². The molecule has 2 fully saturated rings. The molecule has 2 saturated carbocycles. The first-order chi connectivity index (χ1) is 10.3. The highest BCUT2D eigenvalue weighted by molar-refractivity contribution is 5.63. The van der Waals surface area contributed by atoms with E-state index < -0.39 is 0 Å². The SMILES string of the molecule is Nc1cccc(N)c1C(C1CCCCC1)C1CCCCC1. The molecule has 116 valence electrons. The van der Waals surface area contributed by atoms with Crippen molar-refractivity contribution in [3.8, 4) is 0 Å². The van der Waals surface area contributed by atoms with E-state index in [1.165, 1.54) is 69.8 Å². The van der Waals surface area contributed by atoms with Crippen LogP contribution in [0.15, 0.2) is 18.2 Å². The fraction of sp³-hybridized carbons (Fsp3) is 0.684. The van der Waals surface area contributed by atoms with Crippen molar-refractivity contribution in [2.75, 3.05) is 11.5 Å². The summed E-state index contributed by atoms with van der Waals surface area (Å²) in [5, 5.41) is 0. The van der Waals surface area contributed by atoms with Crippen LogP contribution in [0.25, 0.3) is 0 Å². The third-order valence-electron chi connectivity index (χ3n) is 5.82. The van der Waals surface area contributed by atoms with Crippen molar-refractivity contribution in [1.82, 2.24) is 0 Å². The lowest BCUT2D eigenvalue weighted by atomic mass is 9.66. The van der Waals surface area contributed by atoms with Gasteiger partial charge in [-0.15, -0.1) is 0 Å². The molecule has 0 unspecified atom stereocenters. The second kappa shape index (κ2) is 6.72. The average molecular weight is 286 g/mol. The van der Waals surface area contributed by atoms with Gasteiger partial charge in [-0.3, -0.25) is 0 Å². The second-order valence-corrected chi connectivity index (χ2v) is 7.17. The molecule has 2 nitrogen and oxygen atoms in total. The Bertz CT molecular complexity index is 418. The highest BCUT2D eigenvalue weighted by Gasteiger charge is 2.34. The molecule has 2 aliphatic rings. The average Bonchev–Trinajstić information content (AvgIpc) is 2.53. The minimum atomic E-state index is 0.604. The maximum Gasteiger partial charge on any atom is 0.0370 e. The highest BCUT2D eigenvalue weighted by atomic mass is 14.6. The van der Waals surface area contributed by atoms with E-state index in [-0.39, 0.29) is 0 Å². The van der Waals surface area contributed by atoms with Gasteiger partial charge in [-0.05, 0) is 55.6 Å². The van der Waals surface area contributed by atoms with E-state index in [0.717, 1.165) is 23.2 Å². The summed E-state index contributed by atoms with van der Waals surface area (Å²) >= 11 is 0. The predicted molar refractivity (Wildman–Crippen MR) is 91.2 cm³/mol. The summed E-state index contributed by atoms with van der Waals surface area (Å²) in [6.07, 6.45) is 13.9. The van der Waals surface area contributed by atoms with Crippen LogP contribution < -0.4 is 11.5 Å². The van der Waals surface area contributed by atoms with Crippen LogP contribution >= 0.6 is 0 Å². The number of benzene rings is 1. The van der Waals surface area contributed by atoms with Crippen LogP contribution in [0.1, 0.15) is 75.7 Å². The van der Waals surface area contributed by atoms with E-state index in [9.17, 15) is 0 Å². The molecule has 0 aromatic heterocycles. The Hall–Kier alpha value is -1.18. The van der Waals surface area contributed by atoms with Gasteiger partial charge >= 0.3 is 0 Å². The topological polar surface area (TPSA) is 52.0 Å². The van der Waals surface area contributed by atoms with Gasteiger partial charge < -0.3 is 11.5 Å². The fourth-order valence-corrected chi connectivity index (χ4v) is 4.83. The summed E-state index contributed by atoms with van der Waals surface area (Å²) in [5.74, 6) is 2.20. The van der Waals surface area contributed by atoms with Crippen LogP contribution in [0, 0.1) is 11.8 Å². The molecule has 0 aliphatic heterocycles. The van der Waals surface area contributed by atoms with Crippen molar-refractivity contribution >= 4 is 11.4 Å². The molecule has 3 rings (SSSR count). The lowest BCUT2D eigenvalue weighted by Gasteiger charge is -2.39. The first-order valence-electron chi connectivity index (χ1n) is 8.91. The monoisotopic (exact) mass is 286 g/mol. The molecular formula is C19H30N2. The van der Waals surface area contributed by atoms with E-state index in [4.69, 9.17) is 11.5 Å². The molecule has 0 saturated heterocycles. The Morgan fingerprint density at radius 3 is 1.57 bits per heavy atom. The third kappa shape index (κ3) is 3.20. The van der Waals surface area contributed by atoms with Gasteiger partial charge in [-0.1, -0.05) is 44.6 Å². The smallest absolute Gasteiger partial charge is 0.0370 e. The van der Waals surface area contributed by atoms with Crippen molar-refractivity contribution in [2.45, 2.75) is 70.1 Å². The molecule has 4 N–H and O–H groups in total. The van der Waals surface area contributed by atoms with E-state index in [2.05, 4.69) is 0 Å². The van der Waals surface area contributed by atoms with Gasteiger partial charge in [0.1, 0.15) is 0 Å². The van der Waals surface area contributed by atoms with Gasteiger partial charge in [0.25, 0.3) is 0 Å². The predicted octanol–water partition coefficient (Wildman–Crippen LogP) is 5.10. The van der Waals surface area contributed by atoms with Crippen LogP contribution in [0.2, 0.25) is 0 Å². The van der Waals surface area contributed by atoms with Crippen LogP contribution in [-0.4, -0.2) is 0 Å². The van der Waals surface area contributed by atoms with Gasteiger partial charge in [-0.25, -0.2) is 0 Å². The molecule has 0 heterocycles. The van der Waals surface area contributed by atoms with Crippen LogP contribution in [0.4, 0.5) is 11.4 Å². The molecule has 1 aromatic carbocycles. The lowest BCUT2D eigenvalue weighted by molar-refractivity contribution is 0.203. The maximum absolute atomic E-state index is 6.36. The zero-order valence-electron chi connectivity index (χ0n) is 13.2. The fourth-order valence-electron chi connectivity index (χ4n) is 4.83. The standard InChI is InChI=1S/C19H30N2/c20-16-12-7-13-17(21)19(16)18(14-8-3-1-4-9-14)15-10-5-2-6-11-15/h7,12-15,18H,1-6,8-11,20-21H2. The summed E-state index contributed by atoms with van der Waals surface area (Å²) < 4.78 is 0. The number of hydrogen-bond acceptors (Lipinski definition) is 2. The molecule has 2 aliphatic carbocycles. The van der Waals surface area contributed by atoms with E-state index in [1.807, 2.05) is 18.2 Å². The van der Waals surface area contributed by atoms with E-state index >= 15 is 0 Å². The van der Waals surface area contributed by atoms with Gasteiger partial charge in [0.05, 0.1) is 0 Å². The number of nitrogen functional groups attached to an aromatic ring is 2. The summed E-state index contributed by atoms with van der Waals surface area (Å²) in [6.45, 7) is 0. The zero-order chi connectivity index (χ0) is 14.7. The van der Waals surface area contributed by atoms with E-state index in [1.54, 1.807) is 0 Å². The quantitative estimate of drug-likeness (QED) is 0.760. The van der Waals surface area contributed by atoms with Crippen molar-refractivity contribution in [3.05, 3.63) is 23.8 Å². The number of nitrogens with two attached hydrogens (primary N) is 2. The zero-order valence-corrected chi connectivity index (χ0v) is 13.2. The maximum atomic E-state index is 6.36. The van der Waals surface area contributed by atoms with Gasteiger partial charge in [-0.2, -0.15) is 0 Å². The minimum absolute atomic E-state index is 0.604. The molecule has 0 amide bonds. The normalized spacial score (nSPS) is 21.8. The van der Waals surface area contributed by atoms with Crippen molar-refractivity contribution < 1.29 is 0 Å². The summed E-state index contributed by atoms with van der Waals surface area (Å²) in [6, 6.07) is 6.08. The molecule has 2 heteroatoms. The highest BCUT2D eigenvalue weighted by Crippen LogP contribution is 2.48. The Kier molecular flexibility index (Phi) is 4.72. The molecule has 1 aromatic rings. The van der Waals surface area contributed by atoms with Crippen LogP contribution in [0.5, 0.6) is 0 Å². The van der Waals surface area contributed by atoms with Crippen molar-refractivity contribution in [2.24, 2.45) is 11.8 Å². The van der Waals surface area contributed by atoms with Gasteiger partial charge in [0, 0.05) is 16.9 Å². The molecular weight excluding hydrogens is 256 g/mol. The van der Waals surface area contributed by atoms with E-state index in [0.29, 0.717) is 5.92 Å². The molecule has 21 heavy (non-hydrogen) atoms.